The minimum absolute atomic E-state index is 0.179. The lowest BCUT2D eigenvalue weighted by atomic mass is 10.1. The maximum atomic E-state index is 5.55. The summed E-state index contributed by atoms with van der Waals surface area (Å²) in [5, 5.41) is 0. The molecule has 0 saturated carbocycles. The predicted molar refractivity (Wildman–Crippen MR) is 95.0 cm³/mol. The van der Waals surface area contributed by atoms with Crippen LogP contribution in [0.3, 0.4) is 0 Å². The molecule has 2 aromatic carbocycles. The maximum Gasteiger partial charge on any atom is 0.184 e. The number of rotatable bonds is 4. The molecular formula is C20H24N2O2. The average Bonchev–Trinajstić information content (AvgIpc) is 3.18. The molecule has 2 saturated heterocycles. The van der Waals surface area contributed by atoms with Crippen molar-refractivity contribution in [3.05, 3.63) is 65.7 Å². The van der Waals surface area contributed by atoms with Gasteiger partial charge in [0.2, 0.25) is 0 Å². The van der Waals surface area contributed by atoms with Crippen molar-refractivity contribution in [3.8, 4) is 0 Å². The quantitative estimate of drug-likeness (QED) is 0.863. The molecule has 0 N–H and O–H groups in total. The third-order valence-corrected chi connectivity index (χ3v) is 4.77. The Balaban J connectivity index is 1.32. The maximum absolute atomic E-state index is 5.55. The molecule has 24 heavy (non-hydrogen) atoms. The van der Waals surface area contributed by atoms with E-state index in [1.165, 1.54) is 11.3 Å². The van der Waals surface area contributed by atoms with Gasteiger partial charge in [-0.1, -0.05) is 42.5 Å². The topological polar surface area (TPSA) is 24.9 Å². The molecule has 2 aliphatic heterocycles. The van der Waals surface area contributed by atoms with Gasteiger partial charge >= 0.3 is 0 Å². The Labute approximate surface area is 143 Å². The van der Waals surface area contributed by atoms with Crippen molar-refractivity contribution in [2.24, 2.45) is 0 Å². The molecule has 0 spiro atoms. The van der Waals surface area contributed by atoms with Crippen molar-refractivity contribution < 1.29 is 9.47 Å². The van der Waals surface area contributed by atoms with Gasteiger partial charge in [0.15, 0.2) is 6.29 Å². The first-order valence-corrected chi connectivity index (χ1v) is 8.73. The van der Waals surface area contributed by atoms with Gasteiger partial charge in [0.1, 0.15) is 0 Å². The van der Waals surface area contributed by atoms with Gasteiger partial charge in [-0.2, -0.15) is 0 Å². The average molecular weight is 324 g/mol. The van der Waals surface area contributed by atoms with Crippen molar-refractivity contribution in [1.29, 1.82) is 0 Å². The van der Waals surface area contributed by atoms with Crippen LogP contribution in [-0.4, -0.2) is 44.3 Å². The molecule has 0 aromatic heterocycles. The van der Waals surface area contributed by atoms with E-state index in [0.717, 1.165) is 38.3 Å². The van der Waals surface area contributed by atoms with Crippen LogP contribution in [0.4, 0.5) is 5.69 Å². The van der Waals surface area contributed by atoms with E-state index in [4.69, 9.17) is 9.47 Å². The molecule has 4 heteroatoms. The molecule has 2 aromatic rings. The van der Waals surface area contributed by atoms with Crippen LogP contribution in [0, 0.1) is 0 Å². The van der Waals surface area contributed by atoms with E-state index in [1.807, 2.05) is 0 Å². The lowest BCUT2D eigenvalue weighted by molar-refractivity contribution is -0.0441. The van der Waals surface area contributed by atoms with Crippen molar-refractivity contribution in [1.82, 2.24) is 4.90 Å². The van der Waals surface area contributed by atoms with E-state index in [1.54, 1.807) is 0 Å². The first kappa shape index (κ1) is 15.6. The van der Waals surface area contributed by atoms with Crippen LogP contribution >= 0.6 is 0 Å². The van der Waals surface area contributed by atoms with Crippen LogP contribution in [0.15, 0.2) is 54.6 Å². The summed E-state index contributed by atoms with van der Waals surface area (Å²) < 4.78 is 11.1. The number of hydrogen-bond donors (Lipinski definition) is 0. The summed E-state index contributed by atoms with van der Waals surface area (Å²) in [6.45, 7) is 6.78. The molecule has 0 radical (unpaired) electrons. The van der Waals surface area contributed by atoms with Crippen molar-refractivity contribution in [2.45, 2.75) is 12.8 Å². The van der Waals surface area contributed by atoms with Crippen molar-refractivity contribution in [3.63, 3.8) is 0 Å². The monoisotopic (exact) mass is 324 g/mol. The fourth-order valence-corrected chi connectivity index (χ4v) is 3.40. The largest absolute Gasteiger partial charge is 0.369 e. The first-order chi connectivity index (χ1) is 11.9. The molecule has 2 heterocycles. The van der Waals surface area contributed by atoms with Gasteiger partial charge < -0.3 is 14.4 Å². The van der Waals surface area contributed by atoms with Gasteiger partial charge in [-0.25, -0.2) is 0 Å². The number of ether oxygens (including phenoxy) is 2. The zero-order valence-corrected chi connectivity index (χ0v) is 13.9. The third kappa shape index (κ3) is 3.61. The fourth-order valence-electron chi connectivity index (χ4n) is 3.40. The van der Waals surface area contributed by atoms with Crippen LogP contribution in [0.1, 0.15) is 17.4 Å². The second-order valence-electron chi connectivity index (χ2n) is 6.41. The normalized spacial score (nSPS) is 19.8. The minimum Gasteiger partial charge on any atom is -0.369 e. The first-order valence-electron chi connectivity index (χ1n) is 8.73. The molecule has 4 rings (SSSR count). The van der Waals surface area contributed by atoms with E-state index >= 15 is 0 Å². The number of benzene rings is 2. The number of anilines is 1. The van der Waals surface area contributed by atoms with E-state index < -0.39 is 0 Å². The molecule has 4 nitrogen and oxygen atoms in total. The molecule has 0 unspecified atom stereocenters. The smallest absolute Gasteiger partial charge is 0.184 e. The molecule has 2 fully saturated rings. The summed E-state index contributed by atoms with van der Waals surface area (Å²) in [5.41, 5.74) is 3.79. The van der Waals surface area contributed by atoms with Gasteiger partial charge in [-0.3, -0.25) is 4.90 Å². The van der Waals surface area contributed by atoms with Crippen LogP contribution in [-0.2, 0) is 16.0 Å². The molecular weight excluding hydrogens is 300 g/mol. The standard InChI is InChI=1S/C20H24N2O2/c1-2-4-17(5-3-1)16-21-10-12-22(13-11-21)19-8-6-18(7-9-19)20-23-14-15-24-20/h1-9,20H,10-16H2. The van der Waals surface area contributed by atoms with Crippen molar-refractivity contribution in [2.75, 3.05) is 44.3 Å². The Bertz CT molecular complexity index is 630. The van der Waals surface area contributed by atoms with Gasteiger partial charge in [0.05, 0.1) is 13.2 Å². The van der Waals surface area contributed by atoms with Gasteiger partial charge in [0, 0.05) is 44.0 Å². The highest BCUT2D eigenvalue weighted by Gasteiger charge is 2.20. The molecule has 2 aliphatic rings. The van der Waals surface area contributed by atoms with Gasteiger partial charge in [-0.05, 0) is 17.7 Å². The number of piperazine rings is 1. The second kappa shape index (κ2) is 7.34. The zero-order chi connectivity index (χ0) is 16.2. The van der Waals surface area contributed by atoms with E-state index in [-0.39, 0.29) is 6.29 Å². The zero-order valence-electron chi connectivity index (χ0n) is 13.9. The number of hydrogen-bond acceptors (Lipinski definition) is 4. The SMILES string of the molecule is c1ccc(CN2CCN(c3ccc(C4OCCO4)cc3)CC2)cc1. The summed E-state index contributed by atoms with van der Waals surface area (Å²) in [7, 11) is 0. The summed E-state index contributed by atoms with van der Waals surface area (Å²) >= 11 is 0. The van der Waals surface area contributed by atoms with Crippen LogP contribution in [0.25, 0.3) is 0 Å². The highest BCUT2D eigenvalue weighted by molar-refractivity contribution is 5.48. The molecule has 0 aliphatic carbocycles. The highest BCUT2D eigenvalue weighted by atomic mass is 16.7. The highest BCUT2D eigenvalue weighted by Crippen LogP contribution is 2.26. The Morgan fingerprint density at radius 1 is 0.792 bits per heavy atom. The molecule has 0 bridgehead atoms. The van der Waals surface area contributed by atoms with Gasteiger partial charge in [0.25, 0.3) is 0 Å². The lowest BCUT2D eigenvalue weighted by Gasteiger charge is -2.36. The summed E-state index contributed by atoms with van der Waals surface area (Å²) in [4.78, 5) is 4.99. The molecule has 0 atom stereocenters. The van der Waals surface area contributed by atoms with E-state index in [0.29, 0.717) is 13.2 Å². The van der Waals surface area contributed by atoms with Crippen LogP contribution in [0.2, 0.25) is 0 Å². The lowest BCUT2D eigenvalue weighted by Crippen LogP contribution is -2.45. The van der Waals surface area contributed by atoms with E-state index in [2.05, 4.69) is 64.4 Å². The fraction of sp³-hybridized carbons (Fsp3) is 0.400. The molecule has 0 amide bonds. The summed E-state index contributed by atoms with van der Waals surface area (Å²) in [6, 6.07) is 19.4. The van der Waals surface area contributed by atoms with Crippen LogP contribution < -0.4 is 4.90 Å². The Morgan fingerprint density at radius 3 is 2.12 bits per heavy atom. The Hall–Kier alpha value is -1.88. The summed E-state index contributed by atoms with van der Waals surface area (Å²) in [5.74, 6) is 0. The Morgan fingerprint density at radius 2 is 1.46 bits per heavy atom. The number of nitrogens with zero attached hydrogens (tertiary/aromatic N) is 2. The molecule has 126 valence electrons. The summed E-state index contributed by atoms with van der Waals surface area (Å²) in [6.07, 6.45) is -0.179. The second-order valence-corrected chi connectivity index (χ2v) is 6.41. The van der Waals surface area contributed by atoms with Crippen LogP contribution in [0.5, 0.6) is 0 Å². The predicted octanol–water partition coefficient (Wildman–Crippen LogP) is 3.05. The van der Waals surface area contributed by atoms with Crippen molar-refractivity contribution >= 4 is 5.69 Å². The van der Waals surface area contributed by atoms with Gasteiger partial charge in [-0.15, -0.1) is 0 Å². The van der Waals surface area contributed by atoms with E-state index in [9.17, 15) is 0 Å². The Kier molecular flexibility index (Phi) is 4.78. The third-order valence-electron chi connectivity index (χ3n) is 4.77. The minimum atomic E-state index is -0.179.